The summed E-state index contributed by atoms with van der Waals surface area (Å²) in [6.07, 6.45) is 0.880. The van der Waals surface area contributed by atoms with Crippen LogP contribution < -0.4 is 20.5 Å². The van der Waals surface area contributed by atoms with Crippen LogP contribution in [0.1, 0.15) is 9.67 Å². The van der Waals surface area contributed by atoms with Gasteiger partial charge >= 0.3 is 6.09 Å². The first-order valence-electron chi connectivity index (χ1n) is 10.0. The lowest BCUT2D eigenvalue weighted by Crippen LogP contribution is -2.25. The van der Waals surface area contributed by atoms with Gasteiger partial charge in [-0.25, -0.2) is 9.18 Å². The number of ether oxygens (including phenoxy) is 2. The molecule has 0 atom stereocenters. The Morgan fingerprint density at radius 1 is 1.29 bits per heavy atom. The Balaban J connectivity index is 0.000000271. The second kappa shape index (κ2) is 11.6. The molecule has 34 heavy (non-hydrogen) atoms. The normalized spacial score (nSPS) is 12.6. The molecule has 1 saturated heterocycles. The zero-order valence-corrected chi connectivity index (χ0v) is 19.6. The summed E-state index contributed by atoms with van der Waals surface area (Å²) in [5, 5.41) is 11.3. The molecule has 1 aromatic carbocycles. The number of cyclic esters (lactones) is 1. The summed E-state index contributed by atoms with van der Waals surface area (Å²) in [6.45, 7) is 0.260. The van der Waals surface area contributed by atoms with Gasteiger partial charge in [0.25, 0.3) is 11.5 Å². The maximum atomic E-state index is 14.4. The molecule has 9 nitrogen and oxygen atoms in total. The van der Waals surface area contributed by atoms with Crippen LogP contribution in [0.4, 0.5) is 14.9 Å². The van der Waals surface area contributed by atoms with E-state index < -0.39 is 17.5 Å². The molecule has 12 heteroatoms. The van der Waals surface area contributed by atoms with Gasteiger partial charge in [0.15, 0.2) is 5.75 Å². The largest absolute Gasteiger partial charge is 0.485 e. The third-order valence-electron chi connectivity index (χ3n) is 4.55. The van der Waals surface area contributed by atoms with Gasteiger partial charge in [0.05, 0.1) is 33.7 Å². The predicted octanol–water partition coefficient (Wildman–Crippen LogP) is 3.07. The van der Waals surface area contributed by atoms with Gasteiger partial charge in [0.1, 0.15) is 19.0 Å². The van der Waals surface area contributed by atoms with Crippen LogP contribution in [0.3, 0.4) is 0 Å². The summed E-state index contributed by atoms with van der Waals surface area (Å²) < 4.78 is 26.2. The van der Waals surface area contributed by atoms with Crippen molar-refractivity contribution >= 4 is 40.6 Å². The van der Waals surface area contributed by atoms with E-state index in [2.05, 4.69) is 5.32 Å². The summed E-state index contributed by atoms with van der Waals surface area (Å²) in [5.41, 5.74) is -0.0797. The zero-order valence-electron chi connectivity index (χ0n) is 18.0. The molecule has 1 aliphatic heterocycles. The Hall–Kier alpha value is -3.41. The SMILES string of the molecule is CNC(=O)c1ccc(Cl)s1.O=C1OCCN1c1ccc(-n2cccc(OCCO)c2=O)cc1F. The van der Waals surface area contributed by atoms with Gasteiger partial charge in [-0.05, 0) is 36.4 Å². The molecule has 1 fully saturated rings. The molecule has 0 saturated carbocycles. The first-order valence-corrected chi connectivity index (χ1v) is 11.2. The lowest BCUT2D eigenvalue weighted by molar-refractivity contribution is 0.0967. The van der Waals surface area contributed by atoms with Crippen molar-refractivity contribution in [2.75, 3.05) is 38.3 Å². The van der Waals surface area contributed by atoms with Crippen LogP contribution in [-0.4, -0.2) is 55.1 Å². The number of hydrogen-bond donors (Lipinski definition) is 2. The first-order chi connectivity index (χ1) is 16.3. The number of aliphatic hydroxyl groups is 1. The fourth-order valence-electron chi connectivity index (χ4n) is 2.98. The molecule has 0 aliphatic carbocycles. The summed E-state index contributed by atoms with van der Waals surface area (Å²) in [5.74, 6) is -0.670. The van der Waals surface area contributed by atoms with Gasteiger partial charge in [0, 0.05) is 19.3 Å². The molecule has 1 aliphatic rings. The Morgan fingerprint density at radius 3 is 2.68 bits per heavy atom. The fraction of sp³-hybridized carbons (Fsp3) is 0.227. The summed E-state index contributed by atoms with van der Waals surface area (Å²) in [4.78, 5) is 36.6. The van der Waals surface area contributed by atoms with E-state index in [4.69, 9.17) is 26.2 Å². The van der Waals surface area contributed by atoms with E-state index in [0.717, 1.165) is 6.07 Å². The summed E-state index contributed by atoms with van der Waals surface area (Å²) in [6, 6.07) is 10.6. The Labute approximate surface area is 202 Å². The van der Waals surface area contributed by atoms with E-state index in [1.165, 1.54) is 45.2 Å². The molecule has 2 amide bonds. The third kappa shape index (κ3) is 5.93. The summed E-state index contributed by atoms with van der Waals surface area (Å²) in [7, 11) is 1.59. The number of carbonyl (C=O) groups excluding carboxylic acids is 2. The highest BCUT2D eigenvalue weighted by atomic mass is 35.5. The van der Waals surface area contributed by atoms with Crippen molar-refractivity contribution in [1.82, 2.24) is 9.88 Å². The van der Waals surface area contributed by atoms with Crippen molar-refractivity contribution in [3.63, 3.8) is 0 Å². The minimum absolute atomic E-state index is 0.0103. The zero-order chi connectivity index (χ0) is 24.7. The second-order valence-electron chi connectivity index (χ2n) is 6.70. The molecule has 0 bridgehead atoms. The number of carbonyl (C=O) groups is 2. The lowest BCUT2D eigenvalue weighted by Gasteiger charge is -2.15. The number of hydrogen-bond acceptors (Lipinski definition) is 7. The van der Waals surface area contributed by atoms with E-state index in [1.807, 2.05) is 0 Å². The fourth-order valence-corrected chi connectivity index (χ4v) is 3.97. The molecule has 3 aromatic rings. The first kappa shape index (κ1) is 25.2. The van der Waals surface area contributed by atoms with E-state index in [1.54, 1.807) is 25.2 Å². The van der Waals surface area contributed by atoms with E-state index >= 15 is 0 Å². The van der Waals surface area contributed by atoms with Crippen molar-refractivity contribution in [1.29, 1.82) is 0 Å². The number of nitrogens with zero attached hydrogens (tertiary/aromatic N) is 2. The number of nitrogens with one attached hydrogen (secondary N) is 1. The molecule has 2 N–H and O–H groups in total. The Morgan fingerprint density at radius 2 is 2.09 bits per heavy atom. The Bertz CT molecular complexity index is 1230. The minimum atomic E-state index is -0.639. The number of benzene rings is 1. The van der Waals surface area contributed by atoms with Crippen molar-refractivity contribution in [2.24, 2.45) is 0 Å². The standard InChI is InChI=1S/C16H15FN2O5.C6H6ClNOS/c17-12-10-11(3-4-13(12)19-6-8-24-16(19)22)18-5-1-2-14(15(18)21)23-9-7-20;1-8-6(9)4-2-3-5(7)10-4/h1-5,10,20H,6-9H2;2-3H,1H3,(H,8,9). The average Bonchev–Trinajstić information content (AvgIpc) is 3.46. The average molecular weight is 510 g/mol. The highest BCUT2D eigenvalue weighted by Gasteiger charge is 2.26. The van der Waals surface area contributed by atoms with Crippen molar-refractivity contribution in [3.8, 4) is 11.4 Å². The number of anilines is 1. The minimum Gasteiger partial charge on any atom is -0.485 e. The molecule has 0 spiro atoms. The number of thiophene rings is 1. The van der Waals surface area contributed by atoms with Gasteiger partial charge in [0.2, 0.25) is 0 Å². The van der Waals surface area contributed by atoms with Crippen molar-refractivity contribution in [2.45, 2.75) is 0 Å². The number of aliphatic hydroxyl groups excluding tert-OH is 1. The Kier molecular flexibility index (Phi) is 8.63. The van der Waals surface area contributed by atoms with Crippen molar-refractivity contribution in [3.05, 3.63) is 74.0 Å². The molecular weight excluding hydrogens is 489 g/mol. The smallest absolute Gasteiger partial charge is 0.414 e. The van der Waals surface area contributed by atoms with Crippen LogP contribution >= 0.6 is 22.9 Å². The molecule has 3 heterocycles. The molecule has 4 rings (SSSR count). The molecule has 0 unspecified atom stereocenters. The van der Waals surface area contributed by atoms with Gasteiger partial charge in [-0.1, -0.05) is 11.6 Å². The molecular formula is C22H21ClFN3O6S. The van der Waals surface area contributed by atoms with Crippen LogP contribution in [0, 0.1) is 5.82 Å². The second-order valence-corrected chi connectivity index (χ2v) is 8.42. The molecule has 0 radical (unpaired) electrons. The third-order valence-corrected chi connectivity index (χ3v) is 5.78. The number of rotatable bonds is 6. The topological polar surface area (TPSA) is 110 Å². The maximum Gasteiger partial charge on any atom is 0.414 e. The highest BCUT2D eigenvalue weighted by Crippen LogP contribution is 2.25. The van der Waals surface area contributed by atoms with Crippen LogP contribution in [-0.2, 0) is 4.74 Å². The van der Waals surface area contributed by atoms with E-state index in [9.17, 15) is 18.8 Å². The van der Waals surface area contributed by atoms with E-state index in [0.29, 0.717) is 14.9 Å². The van der Waals surface area contributed by atoms with E-state index in [-0.39, 0.29) is 43.7 Å². The quantitative estimate of drug-likeness (QED) is 0.528. The lowest BCUT2D eigenvalue weighted by atomic mass is 10.2. The molecule has 2 aromatic heterocycles. The number of pyridine rings is 1. The van der Waals surface area contributed by atoms with Gasteiger partial charge in [-0.2, -0.15) is 0 Å². The van der Waals surface area contributed by atoms with Crippen LogP contribution in [0.5, 0.6) is 5.75 Å². The maximum absolute atomic E-state index is 14.4. The van der Waals surface area contributed by atoms with Crippen LogP contribution in [0.25, 0.3) is 5.69 Å². The highest BCUT2D eigenvalue weighted by molar-refractivity contribution is 7.17. The van der Waals surface area contributed by atoms with Gasteiger partial charge < -0.3 is 19.9 Å². The number of amides is 2. The van der Waals surface area contributed by atoms with Crippen LogP contribution in [0.15, 0.2) is 53.5 Å². The van der Waals surface area contributed by atoms with Crippen molar-refractivity contribution < 1.29 is 28.6 Å². The molecule has 180 valence electrons. The number of aromatic nitrogens is 1. The predicted molar refractivity (Wildman–Crippen MR) is 126 cm³/mol. The van der Waals surface area contributed by atoms with Crippen LogP contribution in [0.2, 0.25) is 4.34 Å². The van der Waals surface area contributed by atoms with Gasteiger partial charge in [-0.3, -0.25) is 19.1 Å². The monoisotopic (exact) mass is 509 g/mol. The number of halogens is 2. The summed E-state index contributed by atoms with van der Waals surface area (Å²) >= 11 is 6.87. The van der Waals surface area contributed by atoms with Gasteiger partial charge in [-0.15, -0.1) is 11.3 Å².